The molecular formula is C13H22O2. The summed E-state index contributed by atoms with van der Waals surface area (Å²) in [6.45, 7) is 3.92. The highest BCUT2D eigenvalue weighted by Gasteiger charge is 2.43. The lowest BCUT2D eigenvalue weighted by Gasteiger charge is -2.40. The van der Waals surface area contributed by atoms with Crippen molar-refractivity contribution in [1.29, 1.82) is 0 Å². The summed E-state index contributed by atoms with van der Waals surface area (Å²) in [5, 5.41) is 0. The van der Waals surface area contributed by atoms with E-state index in [-0.39, 0.29) is 5.41 Å². The van der Waals surface area contributed by atoms with Gasteiger partial charge in [-0.2, -0.15) is 0 Å². The van der Waals surface area contributed by atoms with Crippen LogP contribution in [0.15, 0.2) is 0 Å². The molecule has 3 unspecified atom stereocenters. The molecule has 1 aliphatic heterocycles. The van der Waals surface area contributed by atoms with Crippen molar-refractivity contribution in [1.82, 2.24) is 0 Å². The molecule has 0 aromatic heterocycles. The van der Waals surface area contributed by atoms with E-state index >= 15 is 0 Å². The van der Waals surface area contributed by atoms with Crippen LogP contribution in [-0.4, -0.2) is 19.5 Å². The quantitative estimate of drug-likeness (QED) is 0.669. The van der Waals surface area contributed by atoms with E-state index in [4.69, 9.17) is 4.74 Å². The molecule has 1 saturated heterocycles. The van der Waals surface area contributed by atoms with E-state index in [1.165, 1.54) is 25.5 Å². The molecule has 2 nitrogen and oxygen atoms in total. The van der Waals surface area contributed by atoms with Crippen molar-refractivity contribution in [2.45, 2.75) is 45.4 Å². The van der Waals surface area contributed by atoms with Crippen LogP contribution in [0.25, 0.3) is 0 Å². The lowest BCUT2D eigenvalue weighted by molar-refractivity contribution is -0.122. The van der Waals surface area contributed by atoms with E-state index in [9.17, 15) is 4.79 Å². The number of hydrogen-bond acceptors (Lipinski definition) is 2. The Hall–Kier alpha value is -0.370. The third-order valence-corrected chi connectivity index (χ3v) is 4.48. The number of ether oxygens (including phenoxy) is 1. The molecule has 0 aromatic rings. The fourth-order valence-corrected chi connectivity index (χ4v) is 3.37. The summed E-state index contributed by atoms with van der Waals surface area (Å²) in [6.07, 6.45) is 8.34. The van der Waals surface area contributed by atoms with Crippen molar-refractivity contribution in [2.75, 3.05) is 13.2 Å². The predicted molar refractivity (Wildman–Crippen MR) is 59.7 cm³/mol. The van der Waals surface area contributed by atoms with Gasteiger partial charge >= 0.3 is 0 Å². The van der Waals surface area contributed by atoms with Crippen molar-refractivity contribution >= 4 is 6.29 Å². The minimum Gasteiger partial charge on any atom is -0.381 e. The molecule has 0 spiro atoms. The van der Waals surface area contributed by atoms with Crippen LogP contribution in [0.3, 0.4) is 0 Å². The Labute approximate surface area is 92.4 Å². The van der Waals surface area contributed by atoms with Gasteiger partial charge in [0, 0.05) is 12.0 Å². The van der Waals surface area contributed by atoms with Gasteiger partial charge in [-0.15, -0.1) is 0 Å². The zero-order valence-electron chi connectivity index (χ0n) is 9.71. The molecule has 2 rings (SSSR count). The van der Waals surface area contributed by atoms with Gasteiger partial charge in [-0.25, -0.2) is 0 Å². The van der Waals surface area contributed by atoms with Crippen LogP contribution in [0.4, 0.5) is 0 Å². The zero-order valence-corrected chi connectivity index (χ0v) is 9.71. The topological polar surface area (TPSA) is 26.3 Å². The lowest BCUT2D eigenvalue weighted by atomic mass is 9.63. The Bertz CT molecular complexity index is 221. The number of carbonyl (C=O) groups excluding carboxylic acids is 1. The number of carbonyl (C=O) groups is 1. The minimum atomic E-state index is -0.0323. The molecule has 2 aliphatic rings. The number of hydrogen-bond donors (Lipinski definition) is 0. The second kappa shape index (κ2) is 4.65. The van der Waals surface area contributed by atoms with Crippen LogP contribution in [-0.2, 0) is 9.53 Å². The molecule has 3 atom stereocenters. The smallest absolute Gasteiger partial charge is 0.126 e. The second-order valence-electron chi connectivity index (χ2n) is 5.28. The van der Waals surface area contributed by atoms with Crippen LogP contribution in [0.1, 0.15) is 45.4 Å². The highest BCUT2D eigenvalue weighted by atomic mass is 16.5. The first-order chi connectivity index (χ1) is 7.30. The molecule has 0 aromatic carbocycles. The summed E-state index contributed by atoms with van der Waals surface area (Å²) in [7, 11) is 0. The lowest BCUT2D eigenvalue weighted by Crippen LogP contribution is -2.37. The van der Waals surface area contributed by atoms with E-state index in [1.54, 1.807) is 0 Å². The Morgan fingerprint density at radius 3 is 2.93 bits per heavy atom. The monoisotopic (exact) mass is 210 g/mol. The first kappa shape index (κ1) is 11.1. The van der Waals surface area contributed by atoms with Gasteiger partial charge < -0.3 is 9.53 Å². The first-order valence-corrected chi connectivity index (χ1v) is 6.35. The summed E-state index contributed by atoms with van der Waals surface area (Å²) in [5.41, 5.74) is -0.0323. The van der Waals surface area contributed by atoms with Gasteiger partial charge in [0.1, 0.15) is 6.29 Å². The fraction of sp³-hybridized carbons (Fsp3) is 0.923. The summed E-state index contributed by atoms with van der Waals surface area (Å²) in [6, 6.07) is 0. The van der Waals surface area contributed by atoms with Crippen LogP contribution < -0.4 is 0 Å². The second-order valence-corrected chi connectivity index (χ2v) is 5.28. The van der Waals surface area contributed by atoms with Gasteiger partial charge in [0.05, 0.1) is 6.61 Å². The highest BCUT2D eigenvalue weighted by Crippen LogP contribution is 2.46. The largest absolute Gasteiger partial charge is 0.381 e. The maximum absolute atomic E-state index is 11.5. The maximum atomic E-state index is 11.5. The molecule has 1 aliphatic carbocycles. The van der Waals surface area contributed by atoms with Crippen molar-refractivity contribution in [3.63, 3.8) is 0 Å². The van der Waals surface area contributed by atoms with Crippen molar-refractivity contribution in [3.8, 4) is 0 Å². The molecule has 0 bridgehead atoms. The normalized spacial score (nSPS) is 41.7. The van der Waals surface area contributed by atoms with E-state index in [2.05, 4.69) is 6.92 Å². The summed E-state index contributed by atoms with van der Waals surface area (Å²) in [5.74, 6) is 1.27. The Kier molecular flexibility index (Phi) is 3.45. The summed E-state index contributed by atoms with van der Waals surface area (Å²) in [4.78, 5) is 11.5. The summed E-state index contributed by atoms with van der Waals surface area (Å²) >= 11 is 0. The zero-order chi connectivity index (χ0) is 10.7. The van der Waals surface area contributed by atoms with Crippen molar-refractivity contribution < 1.29 is 9.53 Å². The van der Waals surface area contributed by atoms with Crippen LogP contribution in [0.5, 0.6) is 0 Å². The Morgan fingerprint density at radius 1 is 1.47 bits per heavy atom. The Morgan fingerprint density at radius 2 is 2.33 bits per heavy atom. The average Bonchev–Trinajstić information content (AvgIpc) is 2.83. The SMILES string of the molecule is CCC1CCCC(C=O)(C2CCOC2)C1. The van der Waals surface area contributed by atoms with Crippen LogP contribution in [0, 0.1) is 17.3 Å². The van der Waals surface area contributed by atoms with Crippen LogP contribution >= 0.6 is 0 Å². The molecule has 2 heteroatoms. The number of rotatable bonds is 3. The molecule has 1 saturated carbocycles. The molecule has 0 amide bonds. The third-order valence-electron chi connectivity index (χ3n) is 4.48. The number of aldehydes is 1. The van der Waals surface area contributed by atoms with Gasteiger partial charge in [-0.05, 0) is 31.1 Å². The van der Waals surface area contributed by atoms with E-state index in [0.717, 1.165) is 38.4 Å². The van der Waals surface area contributed by atoms with Gasteiger partial charge in [0.15, 0.2) is 0 Å². The molecule has 2 fully saturated rings. The van der Waals surface area contributed by atoms with E-state index in [0.29, 0.717) is 5.92 Å². The standard InChI is InChI=1S/C13H22O2/c1-2-11-4-3-6-13(8-11,10-14)12-5-7-15-9-12/h10-12H,2-9H2,1H3. The van der Waals surface area contributed by atoms with Gasteiger partial charge in [0.2, 0.25) is 0 Å². The fourth-order valence-electron chi connectivity index (χ4n) is 3.37. The van der Waals surface area contributed by atoms with Crippen molar-refractivity contribution in [2.24, 2.45) is 17.3 Å². The molecule has 0 radical (unpaired) electrons. The molecule has 86 valence electrons. The first-order valence-electron chi connectivity index (χ1n) is 6.35. The molecule has 15 heavy (non-hydrogen) atoms. The third kappa shape index (κ3) is 2.10. The molecule has 1 heterocycles. The van der Waals surface area contributed by atoms with E-state index in [1.807, 2.05) is 0 Å². The van der Waals surface area contributed by atoms with Gasteiger partial charge in [-0.1, -0.05) is 26.2 Å². The minimum absolute atomic E-state index is 0.0323. The van der Waals surface area contributed by atoms with Crippen molar-refractivity contribution in [3.05, 3.63) is 0 Å². The summed E-state index contributed by atoms with van der Waals surface area (Å²) < 4.78 is 5.45. The highest BCUT2D eigenvalue weighted by molar-refractivity contribution is 5.60. The molecule has 0 N–H and O–H groups in total. The molecular weight excluding hydrogens is 188 g/mol. The average molecular weight is 210 g/mol. The van der Waals surface area contributed by atoms with Gasteiger partial charge in [-0.3, -0.25) is 0 Å². The van der Waals surface area contributed by atoms with Gasteiger partial charge in [0.25, 0.3) is 0 Å². The van der Waals surface area contributed by atoms with Crippen LogP contribution in [0.2, 0.25) is 0 Å². The maximum Gasteiger partial charge on any atom is 0.126 e. The Balaban J connectivity index is 2.08. The predicted octanol–water partition coefficient (Wildman–Crippen LogP) is 2.81. The van der Waals surface area contributed by atoms with E-state index < -0.39 is 0 Å².